The lowest BCUT2D eigenvalue weighted by Gasteiger charge is -2.13. The number of hydroxylamine groups is 1. The number of phenolic OH excluding ortho intramolecular Hbond substituents is 1. The number of benzene rings is 2. The van der Waals surface area contributed by atoms with Crippen LogP contribution in [0, 0.1) is 6.92 Å². The van der Waals surface area contributed by atoms with Crippen molar-refractivity contribution in [3.63, 3.8) is 0 Å². The smallest absolute Gasteiger partial charge is 0.329 e. The van der Waals surface area contributed by atoms with Crippen LogP contribution in [0.3, 0.4) is 0 Å². The van der Waals surface area contributed by atoms with Crippen molar-refractivity contribution in [2.45, 2.75) is 32.7 Å². The third kappa shape index (κ3) is 5.22. The van der Waals surface area contributed by atoms with Gasteiger partial charge >= 0.3 is 5.97 Å². The van der Waals surface area contributed by atoms with Crippen molar-refractivity contribution < 1.29 is 14.7 Å². The topological polar surface area (TPSA) is 58.6 Å². The van der Waals surface area contributed by atoms with Crippen molar-refractivity contribution in [1.82, 2.24) is 5.48 Å². The molecule has 0 aromatic heterocycles. The van der Waals surface area contributed by atoms with Gasteiger partial charge in [0, 0.05) is 6.04 Å². The summed E-state index contributed by atoms with van der Waals surface area (Å²) in [7, 11) is 0. The van der Waals surface area contributed by atoms with Gasteiger partial charge in [0.2, 0.25) is 0 Å². The highest BCUT2D eigenvalue weighted by atomic mass is 16.7. The van der Waals surface area contributed by atoms with Crippen molar-refractivity contribution in [2.75, 3.05) is 0 Å². The number of nitrogens with one attached hydrogen (secondary N) is 1. The lowest BCUT2D eigenvalue weighted by Crippen LogP contribution is -2.31. The van der Waals surface area contributed by atoms with Crippen molar-refractivity contribution in [3.05, 3.63) is 65.2 Å². The van der Waals surface area contributed by atoms with Gasteiger partial charge in [-0.2, -0.15) is 0 Å². The standard InChI is InChI=1S/C18H21NO3/c1-13-3-5-16(6-4-13)12-18(21)22-19-14(2)11-15-7-9-17(20)10-8-15/h3-10,14,19-20H,11-12H2,1-2H3/t14-/m1/s1. The number of carbonyl (C=O) groups is 1. The summed E-state index contributed by atoms with van der Waals surface area (Å²) in [5.74, 6) is -0.0599. The van der Waals surface area contributed by atoms with Crippen LogP contribution in [0.4, 0.5) is 0 Å². The Balaban J connectivity index is 1.75. The number of phenols is 1. The fourth-order valence-electron chi connectivity index (χ4n) is 2.10. The molecule has 0 fully saturated rings. The third-order valence-electron chi connectivity index (χ3n) is 3.32. The second kappa shape index (κ2) is 7.61. The molecule has 2 N–H and O–H groups in total. The molecule has 0 unspecified atom stereocenters. The van der Waals surface area contributed by atoms with Gasteiger partial charge in [0.1, 0.15) is 5.75 Å². The van der Waals surface area contributed by atoms with E-state index in [1.165, 1.54) is 0 Å². The zero-order valence-electron chi connectivity index (χ0n) is 12.9. The van der Waals surface area contributed by atoms with E-state index in [1.807, 2.05) is 50.2 Å². The maximum absolute atomic E-state index is 11.8. The quantitative estimate of drug-likeness (QED) is 0.805. The molecular weight excluding hydrogens is 278 g/mol. The Bertz CT molecular complexity index is 605. The van der Waals surface area contributed by atoms with E-state index in [0.29, 0.717) is 6.42 Å². The first kappa shape index (κ1) is 16.0. The molecule has 4 heteroatoms. The van der Waals surface area contributed by atoms with Crippen molar-refractivity contribution in [3.8, 4) is 5.75 Å². The van der Waals surface area contributed by atoms with Crippen LogP contribution in [0.2, 0.25) is 0 Å². The van der Waals surface area contributed by atoms with Gasteiger partial charge in [-0.15, -0.1) is 5.48 Å². The summed E-state index contributed by atoms with van der Waals surface area (Å²) in [6.07, 6.45) is 0.956. The maximum Gasteiger partial charge on any atom is 0.329 e. The summed E-state index contributed by atoms with van der Waals surface area (Å²) in [5, 5.41) is 9.24. The first-order valence-electron chi connectivity index (χ1n) is 7.31. The van der Waals surface area contributed by atoms with Crippen LogP contribution >= 0.6 is 0 Å². The Labute approximate surface area is 130 Å². The van der Waals surface area contributed by atoms with E-state index in [-0.39, 0.29) is 24.2 Å². The number of aromatic hydroxyl groups is 1. The van der Waals surface area contributed by atoms with Gasteiger partial charge in [-0.05, 0) is 43.5 Å². The Kier molecular flexibility index (Phi) is 5.55. The van der Waals surface area contributed by atoms with Crippen molar-refractivity contribution >= 4 is 5.97 Å². The second-order valence-corrected chi connectivity index (χ2v) is 5.53. The summed E-state index contributed by atoms with van der Waals surface area (Å²) in [5.41, 5.74) is 5.93. The van der Waals surface area contributed by atoms with E-state index in [0.717, 1.165) is 16.7 Å². The van der Waals surface area contributed by atoms with Crippen LogP contribution in [0.25, 0.3) is 0 Å². The number of hydrogen-bond donors (Lipinski definition) is 2. The molecule has 0 heterocycles. The zero-order valence-corrected chi connectivity index (χ0v) is 12.9. The van der Waals surface area contributed by atoms with Crippen LogP contribution < -0.4 is 5.48 Å². The maximum atomic E-state index is 11.8. The predicted molar refractivity (Wildman–Crippen MR) is 85.4 cm³/mol. The molecule has 2 aromatic rings. The van der Waals surface area contributed by atoms with Gasteiger partial charge < -0.3 is 9.94 Å². The Hall–Kier alpha value is -2.33. The molecule has 1 atom stereocenters. The van der Waals surface area contributed by atoms with Gasteiger partial charge in [0.05, 0.1) is 6.42 Å². The summed E-state index contributed by atoms with van der Waals surface area (Å²) >= 11 is 0. The molecule has 2 rings (SSSR count). The molecule has 22 heavy (non-hydrogen) atoms. The number of rotatable bonds is 6. The number of aryl methyl sites for hydroxylation is 1. The Morgan fingerprint density at radius 2 is 1.68 bits per heavy atom. The molecule has 4 nitrogen and oxygen atoms in total. The highest BCUT2D eigenvalue weighted by molar-refractivity contribution is 5.72. The average Bonchev–Trinajstić information content (AvgIpc) is 2.50. The van der Waals surface area contributed by atoms with Crippen LogP contribution in [-0.2, 0) is 22.5 Å². The van der Waals surface area contributed by atoms with Crippen LogP contribution in [-0.4, -0.2) is 17.1 Å². The van der Waals surface area contributed by atoms with Gasteiger partial charge in [0.15, 0.2) is 0 Å². The van der Waals surface area contributed by atoms with Crippen LogP contribution in [0.15, 0.2) is 48.5 Å². The summed E-state index contributed by atoms with van der Waals surface area (Å²) in [4.78, 5) is 16.9. The first-order valence-corrected chi connectivity index (χ1v) is 7.31. The number of carbonyl (C=O) groups excluding carboxylic acids is 1. The monoisotopic (exact) mass is 299 g/mol. The molecule has 0 aliphatic rings. The van der Waals surface area contributed by atoms with Crippen molar-refractivity contribution in [2.24, 2.45) is 0 Å². The Morgan fingerprint density at radius 1 is 1.09 bits per heavy atom. The SMILES string of the molecule is Cc1ccc(CC(=O)ON[C@H](C)Cc2ccc(O)cc2)cc1. The normalized spacial score (nSPS) is 11.9. The average molecular weight is 299 g/mol. The number of hydrogen-bond acceptors (Lipinski definition) is 4. The second-order valence-electron chi connectivity index (χ2n) is 5.53. The molecular formula is C18H21NO3. The summed E-state index contributed by atoms with van der Waals surface area (Å²) in [6.45, 7) is 3.95. The highest BCUT2D eigenvalue weighted by Gasteiger charge is 2.09. The van der Waals surface area contributed by atoms with Gasteiger partial charge in [-0.3, -0.25) is 4.79 Å². The fourth-order valence-corrected chi connectivity index (χ4v) is 2.10. The van der Waals surface area contributed by atoms with Crippen LogP contribution in [0.1, 0.15) is 23.6 Å². The van der Waals surface area contributed by atoms with E-state index < -0.39 is 0 Å². The first-order chi connectivity index (χ1) is 10.5. The fraction of sp³-hybridized carbons (Fsp3) is 0.278. The summed E-state index contributed by atoms with van der Waals surface area (Å²) in [6, 6.07) is 14.8. The highest BCUT2D eigenvalue weighted by Crippen LogP contribution is 2.11. The molecule has 0 saturated heterocycles. The van der Waals surface area contributed by atoms with Crippen molar-refractivity contribution in [1.29, 1.82) is 0 Å². The molecule has 2 aromatic carbocycles. The lowest BCUT2D eigenvalue weighted by atomic mass is 10.1. The van der Waals surface area contributed by atoms with E-state index in [4.69, 9.17) is 4.84 Å². The molecule has 0 aliphatic carbocycles. The van der Waals surface area contributed by atoms with E-state index in [9.17, 15) is 9.90 Å². The molecule has 0 radical (unpaired) electrons. The summed E-state index contributed by atoms with van der Waals surface area (Å²) < 4.78 is 0. The van der Waals surface area contributed by atoms with Crippen LogP contribution in [0.5, 0.6) is 5.75 Å². The van der Waals surface area contributed by atoms with E-state index in [1.54, 1.807) is 12.1 Å². The molecule has 116 valence electrons. The lowest BCUT2D eigenvalue weighted by molar-refractivity contribution is -0.151. The minimum atomic E-state index is -0.304. The molecule has 0 amide bonds. The molecule has 0 aliphatic heterocycles. The predicted octanol–water partition coefficient (Wildman–Crippen LogP) is 2.92. The minimum Gasteiger partial charge on any atom is -0.508 e. The van der Waals surface area contributed by atoms with Gasteiger partial charge in [-0.25, -0.2) is 0 Å². The van der Waals surface area contributed by atoms with Gasteiger partial charge in [0.25, 0.3) is 0 Å². The molecule has 0 spiro atoms. The largest absolute Gasteiger partial charge is 0.508 e. The zero-order chi connectivity index (χ0) is 15.9. The third-order valence-corrected chi connectivity index (χ3v) is 3.32. The van der Waals surface area contributed by atoms with E-state index in [2.05, 4.69) is 5.48 Å². The van der Waals surface area contributed by atoms with Gasteiger partial charge in [-0.1, -0.05) is 42.0 Å². The van der Waals surface area contributed by atoms with E-state index >= 15 is 0 Å². The minimum absolute atomic E-state index is 0.00786. The molecule has 0 saturated carbocycles. The molecule has 0 bridgehead atoms. The Morgan fingerprint density at radius 3 is 2.32 bits per heavy atom.